The third kappa shape index (κ3) is 4.16. The topological polar surface area (TPSA) is 65.5 Å². The van der Waals surface area contributed by atoms with Crippen molar-refractivity contribution >= 4 is 17.5 Å². The van der Waals surface area contributed by atoms with Crippen LogP contribution in [-0.2, 0) is 11.3 Å². The van der Waals surface area contributed by atoms with E-state index in [1.165, 1.54) is 0 Å². The summed E-state index contributed by atoms with van der Waals surface area (Å²) in [6.45, 7) is 3.11. The van der Waals surface area contributed by atoms with Gasteiger partial charge in [0, 0.05) is 50.5 Å². The summed E-state index contributed by atoms with van der Waals surface area (Å²) >= 11 is 0. The van der Waals surface area contributed by atoms with Gasteiger partial charge in [-0.05, 0) is 37.0 Å². The highest BCUT2D eigenvalue weighted by Crippen LogP contribution is 2.25. The molecule has 2 saturated heterocycles. The van der Waals surface area contributed by atoms with Crippen LogP contribution in [-0.4, -0.2) is 47.4 Å². The number of benzene rings is 1. The number of amides is 2. The zero-order chi connectivity index (χ0) is 19.3. The third-order valence-electron chi connectivity index (χ3n) is 5.58. The van der Waals surface area contributed by atoms with E-state index in [0.29, 0.717) is 18.7 Å². The summed E-state index contributed by atoms with van der Waals surface area (Å²) < 4.78 is 0. The van der Waals surface area contributed by atoms with Gasteiger partial charge < -0.3 is 15.1 Å². The minimum Gasteiger partial charge on any atom is -0.369 e. The molecule has 2 aliphatic rings. The molecule has 3 heterocycles. The molecule has 1 N–H and O–H groups in total. The van der Waals surface area contributed by atoms with Gasteiger partial charge in [-0.2, -0.15) is 0 Å². The van der Waals surface area contributed by atoms with Gasteiger partial charge in [0.2, 0.25) is 5.91 Å². The predicted octanol–water partition coefficient (Wildman–Crippen LogP) is 2.60. The van der Waals surface area contributed by atoms with Crippen molar-refractivity contribution in [1.29, 1.82) is 0 Å². The van der Waals surface area contributed by atoms with E-state index < -0.39 is 0 Å². The van der Waals surface area contributed by atoms with Gasteiger partial charge in [0.15, 0.2) is 0 Å². The molecule has 6 nitrogen and oxygen atoms in total. The Morgan fingerprint density at radius 3 is 2.79 bits per heavy atom. The van der Waals surface area contributed by atoms with Crippen LogP contribution in [0.15, 0.2) is 48.7 Å². The van der Waals surface area contributed by atoms with Gasteiger partial charge in [-0.1, -0.05) is 30.3 Å². The fraction of sp³-hybridized carbons (Fsp3) is 0.409. The Kier molecular flexibility index (Phi) is 5.55. The Bertz CT molecular complexity index is 839. The molecule has 0 spiro atoms. The molecule has 1 aromatic heterocycles. The second-order valence-corrected chi connectivity index (χ2v) is 7.50. The number of anilines is 1. The number of rotatable bonds is 5. The zero-order valence-electron chi connectivity index (χ0n) is 16.0. The lowest BCUT2D eigenvalue weighted by Crippen LogP contribution is -2.48. The zero-order valence-corrected chi connectivity index (χ0v) is 16.0. The molecule has 0 saturated carbocycles. The smallest absolute Gasteiger partial charge is 0.270 e. The Labute approximate surface area is 165 Å². The monoisotopic (exact) mass is 378 g/mol. The quantitative estimate of drug-likeness (QED) is 0.869. The highest BCUT2D eigenvalue weighted by atomic mass is 16.2. The minimum absolute atomic E-state index is 0.172. The number of aromatic nitrogens is 1. The van der Waals surface area contributed by atoms with Crippen LogP contribution in [0.25, 0.3) is 0 Å². The van der Waals surface area contributed by atoms with Gasteiger partial charge in [0.1, 0.15) is 5.69 Å². The molecule has 28 heavy (non-hydrogen) atoms. The number of carbonyl (C=O) groups excluding carboxylic acids is 2. The van der Waals surface area contributed by atoms with Crippen LogP contribution in [0.4, 0.5) is 5.69 Å². The van der Waals surface area contributed by atoms with Crippen molar-refractivity contribution in [3.8, 4) is 0 Å². The predicted molar refractivity (Wildman–Crippen MR) is 108 cm³/mol. The lowest BCUT2D eigenvalue weighted by Gasteiger charge is -2.38. The van der Waals surface area contributed by atoms with Crippen LogP contribution >= 0.6 is 0 Å². The summed E-state index contributed by atoms with van der Waals surface area (Å²) in [7, 11) is 0. The average Bonchev–Trinajstić information content (AvgIpc) is 3.19. The average molecular weight is 378 g/mol. The van der Waals surface area contributed by atoms with Crippen molar-refractivity contribution in [2.75, 3.05) is 24.5 Å². The van der Waals surface area contributed by atoms with E-state index in [0.717, 1.165) is 50.1 Å². The first-order valence-corrected chi connectivity index (χ1v) is 10.0. The molecule has 2 amide bonds. The maximum Gasteiger partial charge on any atom is 0.270 e. The molecule has 0 radical (unpaired) electrons. The van der Waals surface area contributed by atoms with Crippen molar-refractivity contribution in [1.82, 2.24) is 15.2 Å². The van der Waals surface area contributed by atoms with E-state index in [1.54, 1.807) is 6.20 Å². The summed E-state index contributed by atoms with van der Waals surface area (Å²) in [5.41, 5.74) is 2.48. The summed E-state index contributed by atoms with van der Waals surface area (Å²) in [6.07, 6.45) is 5.44. The van der Waals surface area contributed by atoms with Crippen molar-refractivity contribution in [2.45, 2.75) is 38.3 Å². The van der Waals surface area contributed by atoms with Gasteiger partial charge in [-0.15, -0.1) is 0 Å². The fourth-order valence-electron chi connectivity index (χ4n) is 4.11. The summed E-state index contributed by atoms with van der Waals surface area (Å²) in [6, 6.07) is 13.9. The molecular formula is C22H26N4O2. The maximum atomic E-state index is 12.5. The highest BCUT2D eigenvalue weighted by molar-refractivity contribution is 5.93. The van der Waals surface area contributed by atoms with E-state index >= 15 is 0 Å². The number of hydrogen-bond acceptors (Lipinski definition) is 4. The van der Waals surface area contributed by atoms with Crippen LogP contribution < -0.4 is 10.2 Å². The largest absolute Gasteiger partial charge is 0.369 e. The lowest BCUT2D eigenvalue weighted by molar-refractivity contribution is -0.129. The molecule has 1 aromatic carbocycles. The molecule has 4 rings (SSSR count). The Balaban J connectivity index is 1.41. The minimum atomic E-state index is -0.172. The Hall–Kier alpha value is -2.89. The number of carbonyl (C=O) groups is 2. The second kappa shape index (κ2) is 8.42. The number of piperidine rings is 1. The van der Waals surface area contributed by atoms with Crippen LogP contribution in [0.1, 0.15) is 41.7 Å². The Morgan fingerprint density at radius 2 is 2.00 bits per heavy atom. The molecule has 0 bridgehead atoms. The summed E-state index contributed by atoms with van der Waals surface area (Å²) in [5, 5.41) is 2.93. The molecule has 2 aliphatic heterocycles. The van der Waals surface area contributed by atoms with Crippen LogP contribution in [0, 0.1) is 0 Å². The number of nitrogens with one attached hydrogen (secondary N) is 1. The summed E-state index contributed by atoms with van der Waals surface area (Å²) in [4.78, 5) is 33.2. The number of nitrogens with zero attached hydrogens (tertiary/aromatic N) is 3. The molecule has 2 fully saturated rings. The van der Waals surface area contributed by atoms with E-state index in [-0.39, 0.29) is 17.9 Å². The van der Waals surface area contributed by atoms with E-state index in [9.17, 15) is 9.59 Å². The maximum absolute atomic E-state index is 12.5. The first-order chi connectivity index (χ1) is 13.7. The molecule has 146 valence electrons. The third-order valence-corrected chi connectivity index (χ3v) is 5.58. The van der Waals surface area contributed by atoms with Crippen molar-refractivity contribution in [3.63, 3.8) is 0 Å². The molecule has 6 heteroatoms. The van der Waals surface area contributed by atoms with Crippen molar-refractivity contribution < 1.29 is 9.59 Å². The molecule has 2 aromatic rings. The van der Waals surface area contributed by atoms with Crippen molar-refractivity contribution in [3.05, 3.63) is 59.9 Å². The van der Waals surface area contributed by atoms with Gasteiger partial charge in [-0.25, -0.2) is 0 Å². The molecular weight excluding hydrogens is 352 g/mol. The molecule has 0 aliphatic carbocycles. The van der Waals surface area contributed by atoms with Crippen molar-refractivity contribution in [2.24, 2.45) is 0 Å². The lowest BCUT2D eigenvalue weighted by atomic mass is 10.0. The standard InChI is InChI=1S/C22H26N4O2/c27-21-9-5-13-26(21)19-8-4-12-25(16-19)18-10-11-23-20(14-18)22(28)24-15-17-6-2-1-3-7-17/h1-3,6-7,10-11,14,19H,4-5,8-9,12-13,15-16H2,(H,24,28)/t19-/m0/s1. The first kappa shape index (κ1) is 18.5. The number of likely N-dealkylation sites (tertiary alicyclic amines) is 1. The van der Waals surface area contributed by atoms with Gasteiger partial charge >= 0.3 is 0 Å². The second-order valence-electron chi connectivity index (χ2n) is 7.50. The van der Waals surface area contributed by atoms with Crippen LogP contribution in [0.2, 0.25) is 0 Å². The summed E-state index contributed by atoms with van der Waals surface area (Å²) in [5.74, 6) is 0.108. The molecule has 1 atom stereocenters. The molecule has 0 unspecified atom stereocenters. The van der Waals surface area contributed by atoms with Crippen LogP contribution in [0.3, 0.4) is 0 Å². The van der Waals surface area contributed by atoms with Gasteiger partial charge in [0.25, 0.3) is 5.91 Å². The normalized spacial score (nSPS) is 19.7. The first-order valence-electron chi connectivity index (χ1n) is 10.0. The number of pyridine rings is 1. The van der Waals surface area contributed by atoms with E-state index in [4.69, 9.17) is 0 Å². The fourth-order valence-corrected chi connectivity index (χ4v) is 4.11. The Morgan fingerprint density at radius 1 is 1.14 bits per heavy atom. The van der Waals surface area contributed by atoms with E-state index in [2.05, 4.69) is 15.2 Å². The van der Waals surface area contributed by atoms with Gasteiger partial charge in [0.05, 0.1) is 0 Å². The highest BCUT2D eigenvalue weighted by Gasteiger charge is 2.31. The van der Waals surface area contributed by atoms with E-state index in [1.807, 2.05) is 47.4 Å². The van der Waals surface area contributed by atoms with Gasteiger partial charge in [-0.3, -0.25) is 14.6 Å². The van der Waals surface area contributed by atoms with Crippen LogP contribution in [0.5, 0.6) is 0 Å². The SMILES string of the molecule is O=C(NCc1ccccc1)c1cc(N2CCC[C@H](N3CCCC3=O)C2)ccn1. The number of hydrogen-bond donors (Lipinski definition) is 1.